The lowest BCUT2D eigenvalue weighted by atomic mass is 10.0. The lowest BCUT2D eigenvalue weighted by Gasteiger charge is -2.27. The molecule has 2 amide bonds. The van der Waals surface area contributed by atoms with E-state index in [4.69, 9.17) is 4.42 Å². The van der Waals surface area contributed by atoms with Gasteiger partial charge in [0.1, 0.15) is 0 Å². The molecule has 1 saturated heterocycles. The van der Waals surface area contributed by atoms with Crippen LogP contribution >= 0.6 is 0 Å². The highest BCUT2D eigenvalue weighted by molar-refractivity contribution is 6.00. The van der Waals surface area contributed by atoms with Crippen LogP contribution in [0.3, 0.4) is 0 Å². The first kappa shape index (κ1) is 11.7. The third kappa shape index (κ3) is 2.50. The molecule has 92 valence electrons. The van der Waals surface area contributed by atoms with Crippen LogP contribution in [0.4, 0.5) is 0 Å². The number of nitrogens with zero attached hydrogens (tertiary/aromatic N) is 3. The highest BCUT2D eigenvalue weighted by Gasteiger charge is 2.31. The molecule has 0 aromatic carbocycles. The van der Waals surface area contributed by atoms with E-state index in [1.165, 1.54) is 7.05 Å². The van der Waals surface area contributed by atoms with Gasteiger partial charge in [0.2, 0.25) is 23.6 Å². The quantitative estimate of drug-likeness (QED) is 0.722. The van der Waals surface area contributed by atoms with E-state index in [0.29, 0.717) is 31.2 Å². The number of imide groups is 1. The highest BCUT2D eigenvalue weighted by Crippen LogP contribution is 2.11. The third-order valence-corrected chi connectivity index (χ3v) is 2.72. The maximum Gasteiger partial charge on any atom is 0.246 e. The second-order valence-corrected chi connectivity index (χ2v) is 3.98. The number of carbonyl (C=O) groups excluding carboxylic acids is 2. The van der Waals surface area contributed by atoms with Gasteiger partial charge in [0, 0.05) is 20.4 Å². The van der Waals surface area contributed by atoms with Gasteiger partial charge in [-0.3, -0.25) is 19.8 Å². The first-order valence-corrected chi connectivity index (χ1v) is 5.40. The van der Waals surface area contributed by atoms with E-state index >= 15 is 0 Å². The number of piperidine rings is 1. The Morgan fingerprint density at radius 2 is 2.24 bits per heavy atom. The molecule has 0 spiro atoms. The van der Waals surface area contributed by atoms with Crippen molar-refractivity contribution in [2.24, 2.45) is 0 Å². The number of carbonyl (C=O) groups is 2. The second-order valence-electron chi connectivity index (χ2n) is 3.98. The van der Waals surface area contributed by atoms with Crippen LogP contribution in [-0.4, -0.2) is 40.0 Å². The van der Waals surface area contributed by atoms with Gasteiger partial charge in [0.25, 0.3) is 0 Å². The molecule has 0 saturated carbocycles. The molecule has 1 aromatic rings. The molecule has 1 aromatic heterocycles. The molecular formula is C10H14N4O3. The predicted molar refractivity (Wildman–Crippen MR) is 56.7 cm³/mol. The van der Waals surface area contributed by atoms with Crippen molar-refractivity contribution in [1.29, 1.82) is 0 Å². The number of hydrogen-bond donors (Lipinski definition) is 1. The minimum Gasteiger partial charge on any atom is -0.424 e. The minimum absolute atomic E-state index is 0.137. The van der Waals surface area contributed by atoms with Crippen LogP contribution in [0.1, 0.15) is 24.6 Å². The van der Waals surface area contributed by atoms with Crippen molar-refractivity contribution in [1.82, 2.24) is 20.4 Å². The maximum atomic E-state index is 11.7. The van der Waals surface area contributed by atoms with Crippen molar-refractivity contribution in [3.8, 4) is 0 Å². The summed E-state index contributed by atoms with van der Waals surface area (Å²) in [6, 6.07) is -0.357. The summed E-state index contributed by atoms with van der Waals surface area (Å²) < 4.78 is 5.18. The maximum absolute atomic E-state index is 11.7. The predicted octanol–water partition coefficient (Wildman–Crippen LogP) is -0.385. The molecule has 1 N–H and O–H groups in total. The normalized spacial score (nSPS) is 21.1. The number of nitrogens with one attached hydrogen (secondary N) is 1. The zero-order chi connectivity index (χ0) is 12.4. The number of aryl methyl sites for hydroxylation is 1. The van der Waals surface area contributed by atoms with Crippen molar-refractivity contribution in [2.45, 2.75) is 32.4 Å². The average molecular weight is 238 g/mol. The molecule has 7 heteroatoms. The number of likely N-dealkylation sites (tertiary alicyclic amines) is 1. The Labute approximate surface area is 98.2 Å². The van der Waals surface area contributed by atoms with Gasteiger partial charge in [-0.05, 0) is 6.42 Å². The number of amides is 2. The fourth-order valence-corrected chi connectivity index (χ4v) is 1.72. The molecule has 2 rings (SSSR count). The number of aromatic nitrogens is 2. The smallest absolute Gasteiger partial charge is 0.246 e. The van der Waals surface area contributed by atoms with Crippen molar-refractivity contribution in [3.05, 3.63) is 11.8 Å². The molecule has 2 heterocycles. The van der Waals surface area contributed by atoms with E-state index in [0.717, 1.165) is 4.90 Å². The number of likely N-dealkylation sites (N-methyl/N-ethyl adjacent to an activating group) is 1. The van der Waals surface area contributed by atoms with E-state index in [2.05, 4.69) is 15.5 Å². The third-order valence-electron chi connectivity index (χ3n) is 2.72. The van der Waals surface area contributed by atoms with Gasteiger partial charge in [0.05, 0.1) is 12.6 Å². The molecule has 1 aliphatic rings. The van der Waals surface area contributed by atoms with Crippen LogP contribution in [0.5, 0.6) is 0 Å². The summed E-state index contributed by atoms with van der Waals surface area (Å²) >= 11 is 0. The first-order valence-electron chi connectivity index (χ1n) is 5.40. The molecule has 1 fully saturated rings. The number of hydrogen-bond acceptors (Lipinski definition) is 6. The summed E-state index contributed by atoms with van der Waals surface area (Å²) in [6.45, 7) is 2.04. The Morgan fingerprint density at radius 1 is 1.47 bits per heavy atom. The van der Waals surface area contributed by atoms with E-state index in [1.54, 1.807) is 6.92 Å². The van der Waals surface area contributed by atoms with Crippen LogP contribution in [0.15, 0.2) is 4.42 Å². The molecule has 1 atom stereocenters. The molecule has 17 heavy (non-hydrogen) atoms. The fraction of sp³-hybridized carbons (Fsp3) is 0.600. The van der Waals surface area contributed by atoms with Gasteiger partial charge < -0.3 is 4.42 Å². The van der Waals surface area contributed by atoms with Gasteiger partial charge in [-0.1, -0.05) is 0 Å². The molecule has 0 radical (unpaired) electrons. The number of rotatable bonds is 3. The Bertz CT molecular complexity index is 443. The SMILES string of the molecule is Cc1nnc(CNC2CCC(=O)N(C)C2=O)o1. The van der Waals surface area contributed by atoms with E-state index in [-0.39, 0.29) is 17.9 Å². The summed E-state index contributed by atoms with van der Waals surface area (Å²) in [7, 11) is 1.50. The topological polar surface area (TPSA) is 88.3 Å². The minimum atomic E-state index is -0.357. The van der Waals surface area contributed by atoms with Gasteiger partial charge in [0.15, 0.2) is 0 Å². The van der Waals surface area contributed by atoms with E-state index in [1.807, 2.05) is 0 Å². The molecule has 0 bridgehead atoms. The molecular weight excluding hydrogens is 224 g/mol. The second kappa shape index (κ2) is 4.62. The van der Waals surface area contributed by atoms with Gasteiger partial charge >= 0.3 is 0 Å². The summed E-state index contributed by atoms with van der Waals surface area (Å²) in [5.74, 6) is 0.582. The van der Waals surface area contributed by atoms with Crippen molar-refractivity contribution in [2.75, 3.05) is 7.05 Å². The van der Waals surface area contributed by atoms with E-state index < -0.39 is 0 Å². The first-order chi connectivity index (χ1) is 8.08. The van der Waals surface area contributed by atoms with Crippen LogP contribution in [0, 0.1) is 6.92 Å². The Balaban J connectivity index is 1.91. The molecule has 0 aliphatic carbocycles. The Kier molecular flexibility index (Phi) is 3.19. The van der Waals surface area contributed by atoms with Crippen LogP contribution in [0.2, 0.25) is 0 Å². The van der Waals surface area contributed by atoms with Crippen LogP contribution in [0.25, 0.3) is 0 Å². The fourth-order valence-electron chi connectivity index (χ4n) is 1.72. The van der Waals surface area contributed by atoms with Crippen LogP contribution < -0.4 is 5.32 Å². The summed E-state index contributed by atoms with van der Waals surface area (Å²) in [5.41, 5.74) is 0. The Morgan fingerprint density at radius 3 is 2.88 bits per heavy atom. The highest BCUT2D eigenvalue weighted by atomic mass is 16.4. The standard InChI is InChI=1S/C10H14N4O3/c1-6-12-13-8(17-6)5-11-7-3-4-9(15)14(2)10(7)16/h7,11H,3-5H2,1-2H3. The average Bonchev–Trinajstić information content (AvgIpc) is 2.71. The van der Waals surface area contributed by atoms with Gasteiger partial charge in [-0.2, -0.15) is 0 Å². The monoisotopic (exact) mass is 238 g/mol. The van der Waals surface area contributed by atoms with Crippen molar-refractivity contribution >= 4 is 11.8 Å². The van der Waals surface area contributed by atoms with Gasteiger partial charge in [-0.15, -0.1) is 10.2 Å². The van der Waals surface area contributed by atoms with E-state index in [9.17, 15) is 9.59 Å². The van der Waals surface area contributed by atoms with Crippen molar-refractivity contribution in [3.63, 3.8) is 0 Å². The van der Waals surface area contributed by atoms with Gasteiger partial charge in [-0.25, -0.2) is 0 Å². The largest absolute Gasteiger partial charge is 0.424 e. The Hall–Kier alpha value is -1.76. The summed E-state index contributed by atoms with van der Waals surface area (Å²) in [4.78, 5) is 24.2. The zero-order valence-electron chi connectivity index (χ0n) is 9.77. The molecule has 7 nitrogen and oxygen atoms in total. The van der Waals surface area contributed by atoms with Crippen molar-refractivity contribution < 1.29 is 14.0 Å². The molecule has 1 aliphatic heterocycles. The molecule has 1 unspecified atom stereocenters. The zero-order valence-corrected chi connectivity index (χ0v) is 9.77. The summed E-state index contributed by atoms with van der Waals surface area (Å²) in [5, 5.41) is 10.5. The lowest BCUT2D eigenvalue weighted by Crippen LogP contribution is -2.51. The summed E-state index contributed by atoms with van der Waals surface area (Å²) in [6.07, 6.45) is 0.887. The van der Waals surface area contributed by atoms with Crippen LogP contribution in [-0.2, 0) is 16.1 Å². The lowest BCUT2D eigenvalue weighted by molar-refractivity contribution is -0.148.